The van der Waals surface area contributed by atoms with Crippen LogP contribution in [0.25, 0.3) is 0 Å². The maximum absolute atomic E-state index is 5.89. The highest BCUT2D eigenvalue weighted by atomic mass is 32.2. The summed E-state index contributed by atoms with van der Waals surface area (Å²) in [6.07, 6.45) is 4.63. The van der Waals surface area contributed by atoms with Crippen LogP contribution in [-0.4, -0.2) is 42.3 Å². The maximum atomic E-state index is 5.89. The van der Waals surface area contributed by atoms with Gasteiger partial charge < -0.3 is 9.47 Å². The Kier molecular flexibility index (Phi) is 6.81. The Morgan fingerprint density at radius 2 is 1.34 bits per heavy atom. The van der Waals surface area contributed by atoms with E-state index in [9.17, 15) is 0 Å². The highest BCUT2D eigenvalue weighted by Crippen LogP contribution is 2.51. The van der Waals surface area contributed by atoms with Crippen LogP contribution in [0.2, 0.25) is 6.55 Å². The zero-order chi connectivity index (χ0) is 20.2. The van der Waals surface area contributed by atoms with Crippen LogP contribution in [0, 0.1) is 0 Å². The average Bonchev–Trinajstić information content (AvgIpc) is 3.21. The Labute approximate surface area is 185 Å². The maximum Gasteiger partial charge on any atom is 0.165 e. The van der Waals surface area contributed by atoms with Crippen LogP contribution in [0.3, 0.4) is 0 Å². The predicted octanol–water partition coefficient (Wildman–Crippen LogP) is 4.92. The second-order valence-corrected chi connectivity index (χ2v) is 16.4. The van der Waals surface area contributed by atoms with E-state index < -0.39 is 8.07 Å². The van der Waals surface area contributed by atoms with Crippen molar-refractivity contribution in [3.8, 4) is 0 Å². The predicted molar refractivity (Wildman–Crippen MR) is 130 cm³/mol. The van der Waals surface area contributed by atoms with Gasteiger partial charge in [-0.15, -0.1) is 23.5 Å². The van der Waals surface area contributed by atoms with Crippen molar-refractivity contribution in [2.75, 3.05) is 24.7 Å². The molecule has 0 amide bonds. The van der Waals surface area contributed by atoms with Gasteiger partial charge in [-0.2, -0.15) is 0 Å². The Hall–Kier alpha value is -0.723. The first-order chi connectivity index (χ1) is 14.1. The molecule has 0 bridgehead atoms. The molecule has 2 aromatic carbocycles. The Bertz CT molecular complexity index is 732. The third-order valence-corrected chi connectivity index (χ3v) is 17.6. The van der Waals surface area contributed by atoms with Gasteiger partial charge in [-0.05, 0) is 37.7 Å². The van der Waals surface area contributed by atoms with E-state index in [0.717, 1.165) is 26.1 Å². The van der Waals surface area contributed by atoms with Crippen LogP contribution in [0.5, 0.6) is 0 Å². The molecular weight excluding hydrogens is 412 g/mol. The van der Waals surface area contributed by atoms with E-state index in [1.54, 1.807) is 10.4 Å². The summed E-state index contributed by atoms with van der Waals surface area (Å²) in [5, 5.41) is 3.10. The normalized spacial score (nSPS) is 21.2. The van der Waals surface area contributed by atoms with Crippen LogP contribution in [-0.2, 0) is 9.47 Å². The van der Waals surface area contributed by atoms with Crippen molar-refractivity contribution >= 4 is 42.0 Å². The summed E-state index contributed by atoms with van der Waals surface area (Å²) in [5.74, 6) is 2.14. The van der Waals surface area contributed by atoms with Crippen molar-refractivity contribution < 1.29 is 9.47 Å². The number of hydrogen-bond acceptors (Lipinski definition) is 4. The van der Waals surface area contributed by atoms with Crippen molar-refractivity contribution in [3.05, 3.63) is 60.7 Å². The smallest absolute Gasteiger partial charge is 0.165 e. The first-order valence-electron chi connectivity index (χ1n) is 10.7. The summed E-state index contributed by atoms with van der Waals surface area (Å²) in [6.45, 7) is 6.17. The lowest BCUT2D eigenvalue weighted by Gasteiger charge is -2.49. The number of rotatable bonds is 7. The highest BCUT2D eigenvalue weighted by Gasteiger charge is 2.53. The Balaban J connectivity index is 1.69. The molecule has 4 rings (SSSR count). The summed E-state index contributed by atoms with van der Waals surface area (Å²) in [5.41, 5.74) is 0. The highest BCUT2D eigenvalue weighted by molar-refractivity contribution is 8.21. The van der Waals surface area contributed by atoms with Crippen LogP contribution in [0.1, 0.15) is 32.6 Å². The number of hydrogen-bond donors (Lipinski definition) is 0. The molecular formula is C24H32O2S2Si. The van der Waals surface area contributed by atoms with E-state index in [0.29, 0.717) is 0 Å². The minimum Gasteiger partial charge on any atom is -0.348 e. The molecule has 0 spiro atoms. The van der Waals surface area contributed by atoms with Gasteiger partial charge in [0, 0.05) is 6.42 Å². The van der Waals surface area contributed by atoms with Gasteiger partial charge in [0.05, 0.1) is 16.9 Å². The fourth-order valence-corrected chi connectivity index (χ4v) is 15.5. The zero-order valence-corrected chi connectivity index (χ0v) is 20.2. The van der Waals surface area contributed by atoms with E-state index in [1.165, 1.54) is 24.3 Å². The monoisotopic (exact) mass is 444 g/mol. The largest absolute Gasteiger partial charge is 0.348 e. The van der Waals surface area contributed by atoms with Gasteiger partial charge in [-0.1, -0.05) is 77.6 Å². The summed E-state index contributed by atoms with van der Waals surface area (Å²) in [6, 6.07) is 22.7. The van der Waals surface area contributed by atoms with Gasteiger partial charge in [0.1, 0.15) is 8.07 Å². The van der Waals surface area contributed by atoms with Gasteiger partial charge in [0.25, 0.3) is 0 Å². The summed E-state index contributed by atoms with van der Waals surface area (Å²) in [7, 11) is -2.01. The van der Waals surface area contributed by atoms with Crippen molar-refractivity contribution in [1.82, 2.24) is 0 Å². The Morgan fingerprint density at radius 3 is 1.86 bits per heavy atom. The van der Waals surface area contributed by atoms with Crippen molar-refractivity contribution in [2.45, 2.75) is 48.6 Å². The molecule has 2 aliphatic heterocycles. The van der Waals surface area contributed by atoms with Gasteiger partial charge in [-0.25, -0.2) is 0 Å². The van der Waals surface area contributed by atoms with Gasteiger partial charge in [-0.3, -0.25) is 0 Å². The third kappa shape index (κ3) is 4.35. The minimum absolute atomic E-state index is 0.239. The van der Waals surface area contributed by atoms with Crippen molar-refractivity contribution in [2.24, 2.45) is 0 Å². The SMILES string of the molecule is CC1(CCCC2([Si](C)(c3ccccc3)c3ccccc3)SCCCS2)OCCO1. The van der Waals surface area contributed by atoms with Crippen LogP contribution in [0.15, 0.2) is 60.7 Å². The molecule has 2 aliphatic rings. The molecule has 5 heteroatoms. The first-order valence-corrected chi connectivity index (χ1v) is 15.2. The number of benzene rings is 2. The molecule has 0 saturated carbocycles. The summed E-state index contributed by atoms with van der Waals surface area (Å²) >= 11 is 4.46. The standard InChI is InChI=1S/C24H32O2S2Si/c1-23(25-17-18-26-23)15-9-16-24(27-19-10-20-28-24)29(2,21-11-5-3-6-12-21)22-13-7-4-8-14-22/h3-8,11-14H,9-10,15-20H2,1-2H3. The molecule has 0 aromatic heterocycles. The molecule has 2 fully saturated rings. The molecule has 2 heterocycles. The summed E-state index contributed by atoms with van der Waals surface area (Å²) < 4.78 is 12.0. The molecule has 2 aromatic rings. The average molecular weight is 445 g/mol. The molecule has 29 heavy (non-hydrogen) atoms. The first kappa shape index (κ1) is 21.5. The lowest BCUT2D eigenvalue weighted by Crippen LogP contribution is -2.69. The van der Waals surface area contributed by atoms with E-state index in [2.05, 4.69) is 97.7 Å². The molecule has 2 nitrogen and oxygen atoms in total. The molecule has 0 radical (unpaired) electrons. The fourth-order valence-electron chi connectivity index (χ4n) is 4.75. The zero-order valence-electron chi connectivity index (χ0n) is 17.6. The van der Waals surface area contributed by atoms with E-state index in [-0.39, 0.29) is 9.49 Å². The fraction of sp³-hybridized carbons (Fsp3) is 0.500. The number of thioether (sulfide) groups is 2. The van der Waals surface area contributed by atoms with Crippen LogP contribution < -0.4 is 10.4 Å². The second kappa shape index (κ2) is 9.19. The Morgan fingerprint density at radius 1 is 0.828 bits per heavy atom. The lowest BCUT2D eigenvalue weighted by atomic mass is 10.1. The van der Waals surface area contributed by atoms with Gasteiger partial charge >= 0.3 is 0 Å². The molecule has 0 N–H and O–H groups in total. The molecule has 0 aliphatic carbocycles. The van der Waals surface area contributed by atoms with Crippen molar-refractivity contribution in [1.29, 1.82) is 0 Å². The topological polar surface area (TPSA) is 18.5 Å². The van der Waals surface area contributed by atoms with E-state index >= 15 is 0 Å². The van der Waals surface area contributed by atoms with Crippen molar-refractivity contribution in [3.63, 3.8) is 0 Å². The summed E-state index contributed by atoms with van der Waals surface area (Å²) in [4.78, 5) is 0. The lowest BCUT2D eigenvalue weighted by molar-refractivity contribution is -0.147. The number of ether oxygens (including phenoxy) is 2. The molecule has 0 atom stereocenters. The van der Waals surface area contributed by atoms with E-state index in [4.69, 9.17) is 9.47 Å². The quantitative estimate of drug-likeness (QED) is 0.564. The third-order valence-electron chi connectivity index (χ3n) is 6.46. The molecule has 2 saturated heterocycles. The van der Waals surface area contributed by atoms with Gasteiger partial charge in [0.2, 0.25) is 0 Å². The minimum atomic E-state index is -2.01. The van der Waals surface area contributed by atoms with Gasteiger partial charge in [0.15, 0.2) is 5.79 Å². The van der Waals surface area contributed by atoms with E-state index in [1.807, 2.05) is 0 Å². The van der Waals surface area contributed by atoms with Crippen LogP contribution >= 0.6 is 23.5 Å². The second-order valence-electron chi connectivity index (χ2n) is 8.34. The molecule has 0 unspecified atom stereocenters. The van der Waals surface area contributed by atoms with Crippen LogP contribution in [0.4, 0.5) is 0 Å². The molecule has 156 valence electrons.